The van der Waals surface area contributed by atoms with E-state index in [9.17, 15) is 14.4 Å². The highest BCUT2D eigenvalue weighted by molar-refractivity contribution is 6.25. The molecule has 0 saturated carbocycles. The van der Waals surface area contributed by atoms with Gasteiger partial charge in [-0.05, 0) is 41.8 Å². The molecule has 28 heavy (non-hydrogen) atoms. The molecule has 3 aromatic rings. The van der Waals surface area contributed by atoms with Crippen molar-refractivity contribution < 1.29 is 19.1 Å². The van der Waals surface area contributed by atoms with Gasteiger partial charge < -0.3 is 10.1 Å². The number of hydrogen-bond donors (Lipinski definition) is 1. The third kappa shape index (κ3) is 3.09. The number of carbonyl (C=O) groups excluding carboxylic acids is 3. The predicted molar refractivity (Wildman–Crippen MR) is 106 cm³/mol. The van der Waals surface area contributed by atoms with E-state index in [0.29, 0.717) is 28.0 Å². The van der Waals surface area contributed by atoms with Crippen LogP contribution < -0.4 is 10.1 Å². The van der Waals surface area contributed by atoms with Gasteiger partial charge in [0.15, 0.2) is 0 Å². The van der Waals surface area contributed by atoms with Crippen molar-refractivity contribution in [1.82, 2.24) is 4.90 Å². The van der Waals surface area contributed by atoms with E-state index in [1.807, 2.05) is 12.1 Å². The molecular weight excluding hydrogens is 356 g/mol. The smallest absolute Gasteiger partial charge is 0.261 e. The number of nitrogens with one attached hydrogen (secondary N) is 1. The summed E-state index contributed by atoms with van der Waals surface area (Å²) >= 11 is 0. The first kappa shape index (κ1) is 17.7. The average molecular weight is 374 g/mol. The SMILES string of the molecule is COc1ccc(NC(=O)CCN2C(=O)c3cccc4cccc(c34)C2=O)cc1. The summed E-state index contributed by atoms with van der Waals surface area (Å²) in [6, 6.07) is 17.7. The molecule has 0 aromatic heterocycles. The number of benzene rings is 3. The van der Waals surface area contributed by atoms with Gasteiger partial charge in [0.1, 0.15) is 5.75 Å². The van der Waals surface area contributed by atoms with Crippen LogP contribution in [0.15, 0.2) is 60.7 Å². The number of hydrogen-bond acceptors (Lipinski definition) is 4. The first-order valence-corrected chi connectivity index (χ1v) is 8.90. The van der Waals surface area contributed by atoms with Crippen LogP contribution in [0.4, 0.5) is 5.69 Å². The summed E-state index contributed by atoms with van der Waals surface area (Å²) in [7, 11) is 1.57. The van der Waals surface area contributed by atoms with Crippen molar-refractivity contribution in [3.05, 3.63) is 71.8 Å². The average Bonchev–Trinajstić information content (AvgIpc) is 2.72. The van der Waals surface area contributed by atoms with Crippen LogP contribution in [0.3, 0.4) is 0 Å². The van der Waals surface area contributed by atoms with Gasteiger partial charge in [0.2, 0.25) is 5.91 Å². The molecule has 1 heterocycles. The zero-order valence-corrected chi connectivity index (χ0v) is 15.3. The quantitative estimate of drug-likeness (QED) is 0.694. The second kappa shape index (κ2) is 7.15. The summed E-state index contributed by atoms with van der Waals surface area (Å²) in [5, 5.41) is 4.29. The highest BCUT2D eigenvalue weighted by atomic mass is 16.5. The van der Waals surface area contributed by atoms with E-state index in [4.69, 9.17) is 4.74 Å². The summed E-state index contributed by atoms with van der Waals surface area (Å²) in [6.07, 6.45) is 0.0155. The van der Waals surface area contributed by atoms with E-state index in [-0.39, 0.29) is 30.7 Å². The second-order valence-corrected chi connectivity index (χ2v) is 6.50. The van der Waals surface area contributed by atoms with Crippen molar-refractivity contribution in [1.29, 1.82) is 0 Å². The van der Waals surface area contributed by atoms with Gasteiger partial charge in [0.05, 0.1) is 7.11 Å². The molecule has 6 nitrogen and oxygen atoms in total. The topological polar surface area (TPSA) is 75.7 Å². The molecule has 0 bridgehead atoms. The lowest BCUT2D eigenvalue weighted by Crippen LogP contribution is -2.41. The summed E-state index contributed by atoms with van der Waals surface area (Å²) in [4.78, 5) is 39.0. The van der Waals surface area contributed by atoms with Crippen LogP contribution in [0, 0.1) is 0 Å². The lowest BCUT2D eigenvalue weighted by atomic mass is 9.94. The molecule has 0 unspecified atom stereocenters. The molecule has 4 rings (SSSR count). The number of amides is 3. The number of nitrogens with zero attached hydrogens (tertiary/aromatic N) is 1. The fourth-order valence-corrected chi connectivity index (χ4v) is 3.39. The lowest BCUT2D eigenvalue weighted by Gasteiger charge is -2.27. The van der Waals surface area contributed by atoms with Crippen LogP contribution in [0.2, 0.25) is 0 Å². The van der Waals surface area contributed by atoms with E-state index in [0.717, 1.165) is 10.3 Å². The van der Waals surface area contributed by atoms with Gasteiger partial charge in [-0.25, -0.2) is 0 Å². The van der Waals surface area contributed by atoms with Gasteiger partial charge in [0, 0.05) is 35.2 Å². The van der Waals surface area contributed by atoms with E-state index in [1.165, 1.54) is 0 Å². The van der Waals surface area contributed by atoms with Crippen molar-refractivity contribution in [2.45, 2.75) is 6.42 Å². The number of rotatable bonds is 5. The molecule has 0 radical (unpaired) electrons. The minimum Gasteiger partial charge on any atom is -0.497 e. The van der Waals surface area contributed by atoms with Crippen molar-refractivity contribution in [2.24, 2.45) is 0 Å². The van der Waals surface area contributed by atoms with Crippen molar-refractivity contribution in [3.63, 3.8) is 0 Å². The summed E-state index contributed by atoms with van der Waals surface area (Å²) in [5.74, 6) is -0.323. The van der Waals surface area contributed by atoms with Gasteiger partial charge in [-0.3, -0.25) is 19.3 Å². The molecule has 140 valence electrons. The summed E-state index contributed by atoms with van der Waals surface area (Å²) in [6.45, 7) is 0.0182. The summed E-state index contributed by atoms with van der Waals surface area (Å²) < 4.78 is 5.08. The first-order chi connectivity index (χ1) is 13.6. The standard InChI is InChI=1S/C22H18N2O4/c1-28-16-10-8-15(9-11-16)23-19(25)12-13-24-21(26)17-6-2-4-14-5-3-7-18(20(14)17)22(24)27/h2-11H,12-13H2,1H3,(H,23,25). The highest BCUT2D eigenvalue weighted by Gasteiger charge is 2.32. The first-order valence-electron chi connectivity index (χ1n) is 8.90. The molecule has 1 N–H and O–H groups in total. The molecule has 6 heteroatoms. The number of anilines is 1. The lowest BCUT2D eigenvalue weighted by molar-refractivity contribution is -0.116. The Labute approximate surface area is 161 Å². The Morgan fingerprint density at radius 1 is 0.929 bits per heavy atom. The second-order valence-electron chi connectivity index (χ2n) is 6.50. The normalized spacial score (nSPS) is 13.0. The van der Waals surface area contributed by atoms with Crippen molar-refractivity contribution >= 4 is 34.2 Å². The van der Waals surface area contributed by atoms with Crippen LogP contribution in [0.5, 0.6) is 5.75 Å². The van der Waals surface area contributed by atoms with Crippen LogP contribution in [0.1, 0.15) is 27.1 Å². The number of carbonyl (C=O) groups is 3. The molecule has 3 amide bonds. The Kier molecular flexibility index (Phi) is 4.53. The Bertz CT molecular complexity index is 1040. The minimum atomic E-state index is -0.369. The Morgan fingerprint density at radius 3 is 2.11 bits per heavy atom. The Morgan fingerprint density at radius 2 is 1.54 bits per heavy atom. The van der Waals surface area contributed by atoms with E-state index in [1.54, 1.807) is 55.6 Å². The molecular formula is C22H18N2O4. The van der Waals surface area contributed by atoms with Crippen molar-refractivity contribution in [3.8, 4) is 5.75 Å². The maximum atomic E-state index is 12.8. The number of ether oxygens (including phenoxy) is 1. The van der Waals surface area contributed by atoms with E-state index < -0.39 is 0 Å². The van der Waals surface area contributed by atoms with E-state index in [2.05, 4.69) is 5.32 Å². The Hall–Kier alpha value is -3.67. The fourth-order valence-electron chi connectivity index (χ4n) is 3.39. The molecule has 0 atom stereocenters. The third-order valence-electron chi connectivity index (χ3n) is 4.79. The minimum absolute atomic E-state index is 0.0155. The van der Waals surface area contributed by atoms with Crippen molar-refractivity contribution in [2.75, 3.05) is 19.0 Å². The van der Waals surface area contributed by atoms with Crippen LogP contribution >= 0.6 is 0 Å². The van der Waals surface area contributed by atoms with Gasteiger partial charge in [0.25, 0.3) is 11.8 Å². The van der Waals surface area contributed by atoms with Crippen LogP contribution in [0.25, 0.3) is 10.8 Å². The molecule has 0 spiro atoms. The number of methoxy groups -OCH3 is 1. The molecule has 0 aliphatic carbocycles. The maximum Gasteiger partial charge on any atom is 0.261 e. The maximum absolute atomic E-state index is 12.8. The van der Waals surface area contributed by atoms with Crippen LogP contribution in [-0.4, -0.2) is 36.3 Å². The van der Waals surface area contributed by atoms with E-state index >= 15 is 0 Å². The fraction of sp³-hybridized carbons (Fsp3) is 0.136. The molecule has 1 aliphatic heterocycles. The van der Waals surface area contributed by atoms with Gasteiger partial charge in [-0.1, -0.05) is 24.3 Å². The largest absolute Gasteiger partial charge is 0.497 e. The Balaban J connectivity index is 1.48. The van der Waals surface area contributed by atoms with Gasteiger partial charge in [-0.2, -0.15) is 0 Å². The highest BCUT2D eigenvalue weighted by Crippen LogP contribution is 2.30. The van der Waals surface area contributed by atoms with Gasteiger partial charge in [-0.15, -0.1) is 0 Å². The predicted octanol–water partition coefficient (Wildman–Crippen LogP) is 3.47. The monoisotopic (exact) mass is 374 g/mol. The molecule has 0 saturated heterocycles. The zero-order chi connectivity index (χ0) is 19.7. The third-order valence-corrected chi connectivity index (χ3v) is 4.79. The van der Waals surface area contributed by atoms with Crippen LogP contribution in [-0.2, 0) is 4.79 Å². The molecule has 3 aromatic carbocycles. The number of imide groups is 1. The molecule has 1 aliphatic rings. The molecule has 0 fully saturated rings. The zero-order valence-electron chi connectivity index (χ0n) is 15.3. The summed E-state index contributed by atoms with van der Waals surface area (Å²) in [5.41, 5.74) is 1.60. The van der Waals surface area contributed by atoms with Gasteiger partial charge >= 0.3 is 0 Å².